The lowest BCUT2D eigenvalue weighted by Crippen LogP contribution is -2.48. The molecule has 2 aromatic heterocycles. The maximum atomic E-state index is 12.7. The van der Waals surface area contributed by atoms with Crippen LogP contribution in [-0.4, -0.2) is 67.5 Å². The molecule has 1 fully saturated rings. The number of aromatic nitrogens is 2. The summed E-state index contributed by atoms with van der Waals surface area (Å²) >= 11 is 1.56. The van der Waals surface area contributed by atoms with E-state index in [4.69, 9.17) is 4.52 Å². The van der Waals surface area contributed by atoms with E-state index in [1.54, 1.807) is 28.4 Å². The van der Waals surface area contributed by atoms with E-state index in [-0.39, 0.29) is 10.8 Å². The lowest BCUT2D eigenvalue weighted by atomic mass is 10.2. The van der Waals surface area contributed by atoms with E-state index in [2.05, 4.69) is 19.8 Å². The number of rotatable bonds is 6. The van der Waals surface area contributed by atoms with Crippen molar-refractivity contribution in [2.75, 3.05) is 33.2 Å². The zero-order chi connectivity index (χ0) is 21.1. The van der Waals surface area contributed by atoms with Crippen molar-refractivity contribution in [2.45, 2.75) is 11.4 Å². The highest BCUT2D eigenvalue weighted by atomic mass is 32.2. The number of piperazine rings is 1. The van der Waals surface area contributed by atoms with Gasteiger partial charge in [-0.1, -0.05) is 11.2 Å². The van der Waals surface area contributed by atoms with Crippen LogP contribution >= 0.6 is 11.3 Å². The van der Waals surface area contributed by atoms with Gasteiger partial charge in [-0.15, -0.1) is 11.3 Å². The van der Waals surface area contributed by atoms with Crippen LogP contribution in [0.4, 0.5) is 0 Å². The Hall–Kier alpha value is -2.60. The Bertz CT molecular complexity index is 1100. The molecule has 158 valence electrons. The number of amides is 1. The van der Waals surface area contributed by atoms with Crippen molar-refractivity contribution in [1.29, 1.82) is 0 Å². The van der Waals surface area contributed by atoms with Gasteiger partial charge in [0.25, 0.3) is 5.91 Å². The molecule has 0 bridgehead atoms. The van der Waals surface area contributed by atoms with Gasteiger partial charge < -0.3 is 9.42 Å². The predicted octanol–water partition coefficient (Wildman–Crippen LogP) is 1.66. The molecule has 0 aliphatic carbocycles. The van der Waals surface area contributed by atoms with Crippen LogP contribution in [-0.2, 0) is 16.6 Å². The highest BCUT2D eigenvalue weighted by molar-refractivity contribution is 7.89. The fourth-order valence-electron chi connectivity index (χ4n) is 3.20. The highest BCUT2D eigenvalue weighted by Gasteiger charge is 2.24. The van der Waals surface area contributed by atoms with Gasteiger partial charge in [0.15, 0.2) is 0 Å². The van der Waals surface area contributed by atoms with Gasteiger partial charge in [-0.3, -0.25) is 9.69 Å². The predicted molar refractivity (Wildman–Crippen MR) is 111 cm³/mol. The number of carbonyl (C=O) groups is 1. The average Bonchev–Trinajstić information content (AvgIpc) is 3.46. The molecule has 0 radical (unpaired) electrons. The second kappa shape index (κ2) is 8.64. The minimum absolute atomic E-state index is 0.110. The van der Waals surface area contributed by atoms with Gasteiger partial charge in [-0.05, 0) is 42.8 Å². The summed E-state index contributed by atoms with van der Waals surface area (Å²) in [6.07, 6.45) is 0. The molecule has 1 N–H and O–H groups in total. The van der Waals surface area contributed by atoms with Crippen molar-refractivity contribution in [1.82, 2.24) is 24.7 Å². The fourth-order valence-corrected chi connectivity index (χ4v) is 4.58. The van der Waals surface area contributed by atoms with Gasteiger partial charge in [0.05, 0.1) is 16.3 Å². The largest absolute Gasteiger partial charge is 0.338 e. The minimum Gasteiger partial charge on any atom is -0.338 e. The summed E-state index contributed by atoms with van der Waals surface area (Å²) in [7, 11) is -2.16. The summed E-state index contributed by atoms with van der Waals surface area (Å²) in [4.78, 5) is 22.2. The zero-order valence-electron chi connectivity index (χ0n) is 16.3. The van der Waals surface area contributed by atoms with Crippen LogP contribution in [0.1, 0.15) is 16.2 Å². The lowest BCUT2D eigenvalue weighted by Gasteiger charge is -2.34. The summed E-state index contributed by atoms with van der Waals surface area (Å²) < 4.78 is 31.2. The van der Waals surface area contributed by atoms with Crippen molar-refractivity contribution in [3.05, 3.63) is 53.2 Å². The normalized spacial score (nSPS) is 15.4. The quantitative estimate of drug-likeness (QED) is 0.612. The van der Waals surface area contributed by atoms with Crippen molar-refractivity contribution in [2.24, 2.45) is 0 Å². The Morgan fingerprint density at radius 2 is 1.90 bits per heavy atom. The summed E-state index contributed by atoms with van der Waals surface area (Å²) in [5.74, 6) is 1.04. The molecule has 1 aliphatic heterocycles. The number of nitrogens with one attached hydrogen (secondary N) is 1. The molecule has 3 aromatic rings. The van der Waals surface area contributed by atoms with Crippen molar-refractivity contribution in [3.63, 3.8) is 0 Å². The van der Waals surface area contributed by atoms with Crippen molar-refractivity contribution < 1.29 is 17.7 Å². The second-order valence-electron chi connectivity index (χ2n) is 6.79. The Balaban J connectivity index is 1.32. The second-order valence-corrected chi connectivity index (χ2v) is 9.62. The van der Waals surface area contributed by atoms with Crippen molar-refractivity contribution >= 4 is 27.3 Å². The van der Waals surface area contributed by atoms with E-state index in [1.807, 2.05) is 17.5 Å². The summed E-state index contributed by atoms with van der Waals surface area (Å²) in [6.45, 7) is 3.06. The van der Waals surface area contributed by atoms with Gasteiger partial charge in [0.2, 0.25) is 21.7 Å². The monoisotopic (exact) mass is 447 g/mol. The van der Waals surface area contributed by atoms with Crippen LogP contribution in [0.25, 0.3) is 10.7 Å². The molecule has 9 nitrogen and oxygen atoms in total. The first kappa shape index (κ1) is 20.7. The summed E-state index contributed by atoms with van der Waals surface area (Å²) in [6, 6.07) is 9.86. The molecule has 1 amide bonds. The topological polar surface area (TPSA) is 109 Å². The number of nitrogens with zero attached hydrogens (tertiary/aromatic N) is 4. The first-order valence-electron chi connectivity index (χ1n) is 9.38. The third kappa shape index (κ3) is 4.43. The van der Waals surface area contributed by atoms with Crippen LogP contribution < -0.4 is 4.72 Å². The standard InChI is InChI=1S/C19H21N5O4S2/c1-20-30(26,27)15-6-4-14(5-7-15)19(25)24-10-8-23(9-11-24)13-17-21-18(22-28-17)16-3-2-12-29-16/h2-7,12,20H,8-11,13H2,1H3. The SMILES string of the molecule is CNS(=O)(=O)c1ccc(C(=O)N2CCN(Cc3nc(-c4cccs4)no3)CC2)cc1. The smallest absolute Gasteiger partial charge is 0.253 e. The van der Waals surface area contributed by atoms with E-state index < -0.39 is 10.0 Å². The molecule has 30 heavy (non-hydrogen) atoms. The molecular weight excluding hydrogens is 426 g/mol. The van der Waals surface area contributed by atoms with E-state index in [1.165, 1.54) is 19.2 Å². The Kier molecular flexibility index (Phi) is 5.95. The van der Waals surface area contributed by atoms with Crippen LogP contribution in [0.2, 0.25) is 0 Å². The molecule has 4 rings (SSSR count). The number of thiophene rings is 1. The maximum absolute atomic E-state index is 12.7. The number of hydrogen-bond acceptors (Lipinski definition) is 8. The molecular formula is C19H21N5O4S2. The maximum Gasteiger partial charge on any atom is 0.253 e. The Labute approximate surface area is 178 Å². The number of hydrogen-bond donors (Lipinski definition) is 1. The van der Waals surface area contributed by atoms with Gasteiger partial charge in [-0.25, -0.2) is 13.1 Å². The van der Waals surface area contributed by atoms with Crippen LogP contribution in [0.15, 0.2) is 51.2 Å². The molecule has 0 atom stereocenters. The van der Waals surface area contributed by atoms with E-state index in [9.17, 15) is 13.2 Å². The number of sulfonamides is 1. The van der Waals surface area contributed by atoms with Crippen LogP contribution in [0, 0.1) is 0 Å². The average molecular weight is 448 g/mol. The summed E-state index contributed by atoms with van der Waals surface area (Å²) in [5, 5.41) is 5.99. The first-order chi connectivity index (χ1) is 14.5. The highest BCUT2D eigenvalue weighted by Crippen LogP contribution is 2.22. The molecule has 1 aromatic carbocycles. The molecule has 0 saturated carbocycles. The molecule has 1 aliphatic rings. The molecule has 1 saturated heterocycles. The fraction of sp³-hybridized carbons (Fsp3) is 0.316. The molecule has 3 heterocycles. The molecule has 0 unspecified atom stereocenters. The van der Waals surface area contributed by atoms with Crippen LogP contribution in [0.5, 0.6) is 0 Å². The van der Waals surface area contributed by atoms with Gasteiger partial charge in [0, 0.05) is 31.7 Å². The molecule has 11 heteroatoms. The number of carbonyl (C=O) groups excluding carboxylic acids is 1. The van der Waals surface area contributed by atoms with Gasteiger partial charge in [-0.2, -0.15) is 4.98 Å². The third-order valence-corrected chi connectivity index (χ3v) is 7.20. The van der Waals surface area contributed by atoms with Crippen LogP contribution in [0.3, 0.4) is 0 Å². The zero-order valence-corrected chi connectivity index (χ0v) is 17.9. The van der Waals surface area contributed by atoms with Crippen molar-refractivity contribution in [3.8, 4) is 10.7 Å². The Morgan fingerprint density at radius 3 is 2.53 bits per heavy atom. The van der Waals surface area contributed by atoms with Gasteiger partial charge in [0.1, 0.15) is 0 Å². The molecule has 0 spiro atoms. The number of benzene rings is 1. The Morgan fingerprint density at radius 1 is 1.17 bits per heavy atom. The van der Waals surface area contributed by atoms with Gasteiger partial charge >= 0.3 is 0 Å². The van der Waals surface area contributed by atoms with E-state index >= 15 is 0 Å². The first-order valence-corrected chi connectivity index (χ1v) is 11.7. The van der Waals surface area contributed by atoms with E-state index in [0.717, 1.165) is 4.88 Å². The third-order valence-electron chi connectivity index (χ3n) is 4.91. The van der Waals surface area contributed by atoms with E-state index in [0.29, 0.717) is 50.0 Å². The lowest BCUT2D eigenvalue weighted by molar-refractivity contribution is 0.0615. The minimum atomic E-state index is -3.52. The summed E-state index contributed by atoms with van der Waals surface area (Å²) in [5.41, 5.74) is 0.469.